The summed E-state index contributed by atoms with van der Waals surface area (Å²) in [7, 11) is 0. The van der Waals surface area contributed by atoms with Crippen molar-refractivity contribution in [1.82, 2.24) is 15.3 Å². The number of hydrogen-bond acceptors (Lipinski definition) is 3. The van der Waals surface area contributed by atoms with Crippen LogP contribution in [-0.2, 0) is 6.54 Å². The number of aryl methyl sites for hydroxylation is 1. The Balaban J connectivity index is 1.55. The zero-order chi connectivity index (χ0) is 26.3. The maximum atomic E-state index is 15.3. The molecule has 0 aliphatic heterocycles. The Kier molecular flexibility index (Phi) is 6.72. The number of aromatic carboxylic acids is 1. The lowest BCUT2D eigenvalue weighted by Gasteiger charge is -2.23. The Labute approximate surface area is 210 Å². The van der Waals surface area contributed by atoms with Crippen molar-refractivity contribution in [3.8, 4) is 22.3 Å². The van der Waals surface area contributed by atoms with Crippen molar-refractivity contribution in [3.63, 3.8) is 0 Å². The molecule has 1 aliphatic carbocycles. The quantitative estimate of drug-likeness (QED) is 0.195. The molecule has 1 fully saturated rings. The fourth-order valence-corrected chi connectivity index (χ4v) is 5.09. The van der Waals surface area contributed by atoms with Crippen LogP contribution in [0.15, 0.2) is 36.4 Å². The number of H-pyrrole nitrogens is 1. The van der Waals surface area contributed by atoms with Gasteiger partial charge in [-0.1, -0.05) is 37.5 Å². The van der Waals surface area contributed by atoms with Crippen LogP contribution in [0.3, 0.4) is 0 Å². The van der Waals surface area contributed by atoms with Gasteiger partial charge in [0.25, 0.3) is 0 Å². The van der Waals surface area contributed by atoms with Gasteiger partial charge in [-0.15, -0.1) is 0 Å². The molecule has 3 N–H and O–H groups in total. The summed E-state index contributed by atoms with van der Waals surface area (Å²) >= 11 is 0. The molecule has 1 aliphatic rings. The first-order chi connectivity index (χ1) is 17.7. The Morgan fingerprint density at radius 1 is 0.973 bits per heavy atom. The first kappa shape index (κ1) is 25.0. The molecule has 37 heavy (non-hydrogen) atoms. The van der Waals surface area contributed by atoms with Crippen molar-refractivity contribution in [2.45, 2.75) is 51.6 Å². The van der Waals surface area contributed by atoms with Crippen molar-refractivity contribution >= 4 is 17.0 Å². The molecule has 0 amide bonds. The lowest BCUT2D eigenvalue weighted by atomic mass is 9.94. The smallest absolute Gasteiger partial charge is 0.337 e. The maximum Gasteiger partial charge on any atom is 0.337 e. The van der Waals surface area contributed by atoms with E-state index >= 15 is 17.6 Å². The highest BCUT2D eigenvalue weighted by molar-refractivity contribution is 6.03. The van der Waals surface area contributed by atoms with E-state index in [2.05, 4.69) is 15.3 Å². The molecular weight excluding hydrogens is 486 g/mol. The molecule has 0 bridgehead atoms. The lowest BCUT2D eigenvalue weighted by molar-refractivity contribution is 0.0699. The number of fused-ring (bicyclic) bond motifs is 1. The maximum absolute atomic E-state index is 15.3. The number of nitrogens with one attached hydrogen (secondary N) is 2. The lowest BCUT2D eigenvalue weighted by Crippen LogP contribution is -2.30. The number of rotatable bonds is 6. The molecule has 4 aromatic rings. The minimum atomic E-state index is -1.61. The van der Waals surface area contributed by atoms with Crippen LogP contribution in [0.2, 0.25) is 0 Å². The second-order valence-corrected chi connectivity index (χ2v) is 9.47. The summed E-state index contributed by atoms with van der Waals surface area (Å²) in [6.45, 7) is 2.05. The number of halogens is 4. The highest BCUT2D eigenvalue weighted by Gasteiger charge is 2.28. The molecule has 0 saturated heterocycles. The van der Waals surface area contributed by atoms with Crippen LogP contribution < -0.4 is 5.32 Å². The Morgan fingerprint density at radius 3 is 2.27 bits per heavy atom. The molecule has 3 aromatic carbocycles. The van der Waals surface area contributed by atoms with Gasteiger partial charge < -0.3 is 15.4 Å². The van der Waals surface area contributed by atoms with E-state index in [-0.39, 0.29) is 27.7 Å². The van der Waals surface area contributed by atoms with E-state index in [4.69, 9.17) is 0 Å². The van der Waals surface area contributed by atoms with Gasteiger partial charge in [-0.2, -0.15) is 0 Å². The molecule has 9 heteroatoms. The Hall–Kier alpha value is -3.72. The van der Waals surface area contributed by atoms with Gasteiger partial charge in [-0.3, -0.25) is 0 Å². The van der Waals surface area contributed by atoms with E-state index in [1.165, 1.54) is 24.6 Å². The predicted molar refractivity (Wildman–Crippen MR) is 132 cm³/mol. The molecule has 1 aromatic heterocycles. The molecule has 5 nitrogen and oxygen atoms in total. The fourth-order valence-electron chi connectivity index (χ4n) is 5.09. The average molecular weight is 512 g/mol. The average Bonchev–Trinajstić information content (AvgIpc) is 3.27. The number of carboxylic acids is 1. The molecule has 1 heterocycles. The van der Waals surface area contributed by atoms with Crippen molar-refractivity contribution in [1.29, 1.82) is 0 Å². The van der Waals surface area contributed by atoms with Crippen LogP contribution in [0.4, 0.5) is 17.6 Å². The molecule has 0 spiro atoms. The molecule has 0 radical (unpaired) electrons. The SMILES string of the molecule is Cc1nc2c(C(=O)O)cc(-c3c(F)c(F)c(-c4cccc(CNC5CCCCC5)c4)c(F)c3F)cc2[nH]1. The van der Waals surface area contributed by atoms with Crippen LogP contribution in [0.1, 0.15) is 53.8 Å². The van der Waals surface area contributed by atoms with Crippen molar-refractivity contribution in [2.24, 2.45) is 0 Å². The van der Waals surface area contributed by atoms with Crippen molar-refractivity contribution in [2.75, 3.05) is 0 Å². The van der Waals surface area contributed by atoms with Crippen LogP contribution in [0, 0.1) is 30.2 Å². The van der Waals surface area contributed by atoms with Crippen LogP contribution >= 0.6 is 0 Å². The normalized spacial score (nSPS) is 14.4. The van der Waals surface area contributed by atoms with Crippen LogP contribution in [0.25, 0.3) is 33.3 Å². The fraction of sp³-hybridized carbons (Fsp3) is 0.286. The first-order valence-corrected chi connectivity index (χ1v) is 12.2. The number of aromatic nitrogens is 2. The third-order valence-electron chi connectivity index (χ3n) is 6.90. The molecule has 0 atom stereocenters. The monoisotopic (exact) mass is 511 g/mol. The Bertz CT molecular complexity index is 1480. The Morgan fingerprint density at radius 2 is 1.62 bits per heavy atom. The van der Waals surface area contributed by atoms with Gasteiger partial charge in [0.05, 0.1) is 22.2 Å². The number of aromatic amines is 1. The summed E-state index contributed by atoms with van der Waals surface area (Å²) in [6.07, 6.45) is 5.65. The van der Waals surface area contributed by atoms with E-state index < -0.39 is 40.4 Å². The van der Waals surface area contributed by atoms with Gasteiger partial charge in [0.2, 0.25) is 0 Å². The zero-order valence-electron chi connectivity index (χ0n) is 20.1. The molecule has 1 saturated carbocycles. The van der Waals surface area contributed by atoms with Gasteiger partial charge in [0.1, 0.15) is 11.3 Å². The van der Waals surface area contributed by atoms with E-state index in [0.717, 1.165) is 37.3 Å². The minimum absolute atomic E-state index is 0.00756. The van der Waals surface area contributed by atoms with Crippen LogP contribution in [-0.4, -0.2) is 27.1 Å². The summed E-state index contributed by atoms with van der Waals surface area (Å²) in [6, 6.07) is 8.83. The van der Waals surface area contributed by atoms with Gasteiger partial charge in [-0.25, -0.2) is 27.3 Å². The van der Waals surface area contributed by atoms with E-state index in [1.807, 2.05) is 0 Å². The molecular formula is C28H25F4N3O2. The second-order valence-electron chi connectivity index (χ2n) is 9.47. The van der Waals surface area contributed by atoms with E-state index in [1.54, 1.807) is 19.1 Å². The van der Waals surface area contributed by atoms with E-state index in [0.29, 0.717) is 18.4 Å². The van der Waals surface area contributed by atoms with Crippen molar-refractivity contribution in [3.05, 3.63) is 76.6 Å². The van der Waals surface area contributed by atoms with Gasteiger partial charge in [-0.05, 0) is 54.7 Å². The summed E-state index contributed by atoms with van der Waals surface area (Å²) in [5, 5.41) is 13.0. The third-order valence-corrected chi connectivity index (χ3v) is 6.90. The summed E-state index contributed by atoms with van der Waals surface area (Å²) < 4.78 is 61.3. The van der Waals surface area contributed by atoms with Gasteiger partial charge >= 0.3 is 5.97 Å². The van der Waals surface area contributed by atoms with Gasteiger partial charge in [0, 0.05) is 12.6 Å². The van der Waals surface area contributed by atoms with Crippen molar-refractivity contribution < 1.29 is 27.5 Å². The highest BCUT2D eigenvalue weighted by atomic mass is 19.2. The number of carbonyl (C=O) groups is 1. The topological polar surface area (TPSA) is 78.0 Å². The highest BCUT2D eigenvalue weighted by Crippen LogP contribution is 2.38. The largest absolute Gasteiger partial charge is 0.478 e. The van der Waals surface area contributed by atoms with Crippen LogP contribution in [0.5, 0.6) is 0 Å². The minimum Gasteiger partial charge on any atom is -0.478 e. The second kappa shape index (κ2) is 9.97. The number of hydrogen-bond donors (Lipinski definition) is 3. The number of imidazole rings is 1. The first-order valence-electron chi connectivity index (χ1n) is 12.2. The van der Waals surface area contributed by atoms with E-state index in [9.17, 15) is 9.90 Å². The summed E-state index contributed by atoms with van der Waals surface area (Å²) in [5.74, 6) is -7.33. The summed E-state index contributed by atoms with van der Waals surface area (Å²) in [4.78, 5) is 18.6. The number of nitrogens with zero attached hydrogens (tertiary/aromatic N) is 1. The molecule has 0 unspecified atom stereocenters. The standard InChI is InChI=1S/C28H25F4N3O2/c1-14-34-20-12-17(11-19(28(36)37)27(20)35-14)22-25(31)23(29)21(24(30)26(22)32)16-7-5-6-15(10-16)13-33-18-8-3-2-4-9-18/h5-7,10-12,18,33H,2-4,8-9,13H2,1H3,(H,34,35)(H,36,37). The van der Waals surface area contributed by atoms with Gasteiger partial charge in [0.15, 0.2) is 23.3 Å². The zero-order valence-corrected chi connectivity index (χ0v) is 20.1. The number of carboxylic acid groups (broad SMARTS) is 1. The molecule has 5 rings (SSSR count). The molecule has 192 valence electrons. The number of benzene rings is 3. The predicted octanol–water partition coefficient (Wildman–Crippen LogP) is 6.88. The third kappa shape index (κ3) is 4.71. The summed E-state index contributed by atoms with van der Waals surface area (Å²) in [5.41, 5.74) is -1.47.